The fraction of sp³-hybridized carbons (Fsp3) is 0.560. The zero-order valence-corrected chi connectivity index (χ0v) is 21.1. The third-order valence-corrected chi connectivity index (χ3v) is 6.79. The van der Waals surface area contributed by atoms with E-state index in [1.165, 1.54) is 10.6 Å². The predicted octanol–water partition coefficient (Wildman–Crippen LogP) is 5.13. The van der Waals surface area contributed by atoms with Gasteiger partial charge < -0.3 is 4.90 Å². The second-order valence-electron chi connectivity index (χ2n) is 9.07. The van der Waals surface area contributed by atoms with Crippen molar-refractivity contribution in [3.05, 3.63) is 55.4 Å². The highest BCUT2D eigenvalue weighted by molar-refractivity contribution is 6.31. The number of benzene rings is 1. The van der Waals surface area contributed by atoms with Gasteiger partial charge in [0.25, 0.3) is 5.56 Å². The Hall–Kier alpha value is -2.61. The number of piperidine rings is 1. The molecule has 9 heteroatoms. The van der Waals surface area contributed by atoms with Gasteiger partial charge in [-0.15, -0.1) is 0 Å². The van der Waals surface area contributed by atoms with Gasteiger partial charge in [-0.1, -0.05) is 31.5 Å². The summed E-state index contributed by atoms with van der Waals surface area (Å²) in [5.74, 6) is 0.169. The molecule has 2 aliphatic rings. The normalized spacial score (nSPS) is 16.1. The summed E-state index contributed by atoms with van der Waals surface area (Å²) in [7, 11) is 0. The van der Waals surface area contributed by atoms with E-state index in [9.17, 15) is 14.0 Å². The van der Waals surface area contributed by atoms with Crippen molar-refractivity contribution < 1.29 is 4.39 Å². The molecule has 0 bridgehead atoms. The first-order chi connectivity index (χ1) is 16.4. The number of imidazole rings is 1. The molecule has 2 aromatic heterocycles. The molecule has 0 N–H and O–H groups in total. The third kappa shape index (κ3) is 4.28. The second-order valence-corrected chi connectivity index (χ2v) is 9.48. The van der Waals surface area contributed by atoms with Crippen LogP contribution in [0.15, 0.2) is 27.8 Å². The number of aromatic nitrogens is 4. The van der Waals surface area contributed by atoms with Crippen LogP contribution in [-0.4, -0.2) is 31.8 Å². The fourth-order valence-electron chi connectivity index (χ4n) is 4.66. The van der Waals surface area contributed by atoms with E-state index in [1.807, 2.05) is 27.7 Å². The van der Waals surface area contributed by atoms with Gasteiger partial charge >= 0.3 is 5.69 Å². The molecule has 3 heterocycles. The summed E-state index contributed by atoms with van der Waals surface area (Å²) in [6.07, 6.45) is 4.80. The predicted molar refractivity (Wildman–Crippen MR) is 135 cm³/mol. The van der Waals surface area contributed by atoms with Crippen molar-refractivity contribution in [1.82, 2.24) is 18.7 Å². The SMILES string of the molecule is CC.CC(C)n1c(=O)n(C2CC2)c(=O)c2c1nc(N1CCCCC1)n2Cc1c(F)cccc1Cl. The Labute approximate surface area is 203 Å². The molecule has 2 fully saturated rings. The highest BCUT2D eigenvalue weighted by Gasteiger charge is 2.32. The van der Waals surface area contributed by atoms with Crippen molar-refractivity contribution in [2.24, 2.45) is 0 Å². The molecule has 1 aliphatic heterocycles. The minimum atomic E-state index is -0.427. The lowest BCUT2D eigenvalue weighted by molar-refractivity contribution is 0.527. The van der Waals surface area contributed by atoms with E-state index in [1.54, 1.807) is 21.3 Å². The van der Waals surface area contributed by atoms with Crippen molar-refractivity contribution >= 4 is 28.7 Å². The standard InChI is InChI=1S/C23H27ClFN5O2.C2H6/c1-14(2)29-20-19(21(31)30(23(29)32)15-9-10-15)28(13-16-17(24)7-6-8-18(16)25)22(26-20)27-11-4-3-5-12-27;1-2/h6-8,14-15H,3-5,9-13H2,1-2H3;1-2H3. The molecular formula is C25H33ClFN5O2. The molecule has 3 aromatic rings. The molecule has 1 aromatic carbocycles. The van der Waals surface area contributed by atoms with Crippen LogP contribution in [0.5, 0.6) is 0 Å². The van der Waals surface area contributed by atoms with Gasteiger partial charge in [-0.25, -0.2) is 9.18 Å². The molecule has 0 amide bonds. The van der Waals surface area contributed by atoms with Crippen LogP contribution >= 0.6 is 11.6 Å². The summed E-state index contributed by atoms with van der Waals surface area (Å²) in [6, 6.07) is 4.32. The summed E-state index contributed by atoms with van der Waals surface area (Å²) in [4.78, 5) is 33.9. The lowest BCUT2D eigenvalue weighted by Gasteiger charge is -2.28. The molecule has 7 nitrogen and oxygen atoms in total. The van der Waals surface area contributed by atoms with Crippen molar-refractivity contribution in [3.8, 4) is 0 Å². The molecule has 1 saturated carbocycles. The Kier molecular flexibility index (Phi) is 7.17. The largest absolute Gasteiger partial charge is 0.342 e. The van der Waals surface area contributed by atoms with E-state index >= 15 is 0 Å². The number of halogens is 2. The smallest absolute Gasteiger partial charge is 0.333 e. The summed E-state index contributed by atoms with van der Waals surface area (Å²) in [5.41, 5.74) is 0.336. The number of rotatable bonds is 5. The van der Waals surface area contributed by atoms with Crippen molar-refractivity contribution in [2.45, 2.75) is 78.4 Å². The van der Waals surface area contributed by atoms with Crippen LogP contribution in [0.2, 0.25) is 5.02 Å². The summed E-state index contributed by atoms with van der Waals surface area (Å²) in [5, 5.41) is 0.302. The Morgan fingerprint density at radius 2 is 1.79 bits per heavy atom. The zero-order valence-electron chi connectivity index (χ0n) is 20.4. The molecule has 0 spiro atoms. The first-order valence-corrected chi connectivity index (χ1v) is 12.7. The van der Waals surface area contributed by atoms with Gasteiger partial charge in [0.15, 0.2) is 11.2 Å². The van der Waals surface area contributed by atoms with Crippen molar-refractivity contribution in [3.63, 3.8) is 0 Å². The van der Waals surface area contributed by atoms with Gasteiger partial charge in [-0.2, -0.15) is 4.98 Å². The Bertz CT molecular complexity index is 1280. The van der Waals surface area contributed by atoms with E-state index in [2.05, 4.69) is 4.90 Å². The molecule has 5 rings (SSSR count). The first-order valence-electron chi connectivity index (χ1n) is 12.3. The third-order valence-electron chi connectivity index (χ3n) is 6.44. The summed E-state index contributed by atoms with van der Waals surface area (Å²) < 4.78 is 19.5. The van der Waals surface area contributed by atoms with Crippen LogP contribution in [-0.2, 0) is 6.54 Å². The molecule has 1 saturated heterocycles. The highest BCUT2D eigenvalue weighted by Crippen LogP contribution is 2.34. The number of fused-ring (bicyclic) bond motifs is 1. The van der Waals surface area contributed by atoms with Gasteiger partial charge in [0.05, 0.1) is 6.54 Å². The summed E-state index contributed by atoms with van der Waals surface area (Å²) >= 11 is 6.35. The van der Waals surface area contributed by atoms with E-state index in [4.69, 9.17) is 16.6 Å². The maximum atomic E-state index is 14.7. The Morgan fingerprint density at radius 1 is 1.12 bits per heavy atom. The lowest BCUT2D eigenvalue weighted by Crippen LogP contribution is -2.41. The molecule has 184 valence electrons. The van der Waals surface area contributed by atoms with E-state index in [0.29, 0.717) is 27.7 Å². The Morgan fingerprint density at radius 3 is 2.38 bits per heavy atom. The maximum Gasteiger partial charge on any atom is 0.333 e. The van der Waals surface area contributed by atoms with Gasteiger partial charge in [0.2, 0.25) is 5.95 Å². The summed E-state index contributed by atoms with van der Waals surface area (Å²) in [6.45, 7) is 9.50. The monoisotopic (exact) mass is 489 g/mol. The van der Waals surface area contributed by atoms with Crippen LogP contribution < -0.4 is 16.1 Å². The number of hydrogen-bond donors (Lipinski definition) is 0. The minimum Gasteiger partial charge on any atom is -0.342 e. The van der Waals surface area contributed by atoms with Gasteiger partial charge in [-0.05, 0) is 58.1 Å². The average molecular weight is 490 g/mol. The van der Waals surface area contributed by atoms with Gasteiger partial charge in [0, 0.05) is 35.8 Å². The first kappa shape index (κ1) is 24.5. The van der Waals surface area contributed by atoms with Crippen LogP contribution in [0.3, 0.4) is 0 Å². The highest BCUT2D eigenvalue weighted by atomic mass is 35.5. The quantitative estimate of drug-likeness (QED) is 0.498. The van der Waals surface area contributed by atoms with Crippen molar-refractivity contribution in [1.29, 1.82) is 0 Å². The zero-order chi connectivity index (χ0) is 24.6. The van der Waals surface area contributed by atoms with Gasteiger partial charge in [0.1, 0.15) is 5.82 Å². The van der Waals surface area contributed by atoms with Crippen LogP contribution in [0, 0.1) is 5.82 Å². The van der Waals surface area contributed by atoms with E-state index in [0.717, 1.165) is 45.2 Å². The molecule has 0 unspecified atom stereocenters. The van der Waals surface area contributed by atoms with Crippen LogP contribution in [0.1, 0.15) is 77.4 Å². The average Bonchev–Trinajstić information content (AvgIpc) is 3.58. The number of nitrogens with zero attached hydrogens (tertiary/aromatic N) is 5. The second kappa shape index (κ2) is 9.94. The molecule has 0 radical (unpaired) electrons. The maximum absolute atomic E-state index is 14.7. The lowest BCUT2D eigenvalue weighted by atomic mass is 10.1. The Balaban J connectivity index is 0.00000133. The molecular weight excluding hydrogens is 457 g/mol. The fourth-order valence-corrected chi connectivity index (χ4v) is 4.88. The number of hydrogen-bond acceptors (Lipinski definition) is 4. The number of anilines is 1. The van der Waals surface area contributed by atoms with Crippen molar-refractivity contribution in [2.75, 3.05) is 18.0 Å². The minimum absolute atomic E-state index is 0.0735. The topological polar surface area (TPSA) is 65.1 Å². The van der Waals surface area contributed by atoms with Crippen LogP contribution in [0.4, 0.5) is 10.3 Å². The van der Waals surface area contributed by atoms with Crippen LogP contribution in [0.25, 0.3) is 11.2 Å². The molecule has 1 aliphatic carbocycles. The molecule has 34 heavy (non-hydrogen) atoms. The van der Waals surface area contributed by atoms with Gasteiger partial charge in [-0.3, -0.25) is 18.5 Å². The molecule has 0 atom stereocenters. The van der Waals surface area contributed by atoms with E-state index < -0.39 is 5.82 Å². The van der Waals surface area contributed by atoms with E-state index in [-0.39, 0.29) is 29.9 Å².